The van der Waals surface area contributed by atoms with Gasteiger partial charge in [0.1, 0.15) is 0 Å². The first kappa shape index (κ1) is 9.16. The number of fused-ring (bicyclic) bond motifs is 3. The van der Waals surface area contributed by atoms with E-state index in [9.17, 15) is 0 Å². The minimum Gasteiger partial charge on any atom is -0.232 e. The lowest BCUT2D eigenvalue weighted by atomic mass is 10.5. The van der Waals surface area contributed by atoms with E-state index in [1.807, 2.05) is 0 Å². The molecule has 4 heterocycles. The Kier molecular flexibility index (Phi) is 1.68. The van der Waals surface area contributed by atoms with Gasteiger partial charge in [-0.25, -0.2) is 39.9 Å². The van der Waals surface area contributed by atoms with E-state index < -0.39 is 0 Å². The summed E-state index contributed by atoms with van der Waals surface area (Å²) in [5.74, 6) is 0. The van der Waals surface area contributed by atoms with Gasteiger partial charge in [0, 0.05) is 24.8 Å². The number of nitrogens with zero attached hydrogens (tertiary/aromatic N) is 8. The van der Waals surface area contributed by atoms with Gasteiger partial charge >= 0.3 is 0 Å². The Morgan fingerprint density at radius 2 is 0.667 bits per heavy atom. The summed E-state index contributed by atoms with van der Waals surface area (Å²) in [4.78, 5) is 33.3. The molecule has 0 fully saturated rings. The average Bonchev–Trinajstić information content (AvgIpc) is 2.42. The van der Waals surface area contributed by atoms with Crippen LogP contribution in [-0.2, 0) is 0 Å². The molecule has 0 bridgehead atoms. The maximum atomic E-state index is 4.25. The third-order valence-corrected chi connectivity index (χ3v) is 2.37. The van der Waals surface area contributed by atoms with Gasteiger partial charge in [-0.1, -0.05) is 0 Å². The molecule has 0 atom stereocenters. The SMILES string of the molecule is c1cnc2nc3nc4nccnc4nc3nc2n1. The molecule has 8 nitrogen and oxygen atoms in total. The molecule has 0 saturated carbocycles. The van der Waals surface area contributed by atoms with Crippen molar-refractivity contribution in [3.05, 3.63) is 24.8 Å². The van der Waals surface area contributed by atoms with Crippen molar-refractivity contribution in [1.29, 1.82) is 0 Å². The van der Waals surface area contributed by atoms with Crippen LogP contribution in [0.15, 0.2) is 24.8 Å². The lowest BCUT2D eigenvalue weighted by Gasteiger charge is -1.99. The standard InChI is InChI=1S/C10H4N8/c1-2-12-6-5(11-1)15-9-10(16-6)18-8-7(17-9)13-3-4-14-8/h1-4H. The van der Waals surface area contributed by atoms with Crippen LogP contribution in [0, 0.1) is 0 Å². The highest BCUT2D eigenvalue weighted by Crippen LogP contribution is 2.11. The first-order valence-electron chi connectivity index (χ1n) is 5.13. The zero-order valence-electron chi connectivity index (χ0n) is 8.89. The fourth-order valence-electron chi connectivity index (χ4n) is 1.61. The Morgan fingerprint density at radius 3 is 0.944 bits per heavy atom. The van der Waals surface area contributed by atoms with Gasteiger partial charge in [0.2, 0.25) is 11.3 Å². The summed E-state index contributed by atoms with van der Waals surface area (Å²) in [5, 5.41) is 0. The van der Waals surface area contributed by atoms with Gasteiger partial charge in [0.15, 0.2) is 22.6 Å². The number of hydrogen-bond donors (Lipinski definition) is 0. The van der Waals surface area contributed by atoms with Crippen LogP contribution in [0.2, 0.25) is 0 Å². The molecule has 8 heteroatoms. The Labute approximate surface area is 99.2 Å². The lowest BCUT2D eigenvalue weighted by Crippen LogP contribution is -1.98. The second kappa shape index (κ2) is 3.29. The van der Waals surface area contributed by atoms with E-state index in [0.717, 1.165) is 0 Å². The minimum atomic E-state index is 0.385. The maximum Gasteiger partial charge on any atom is 0.202 e. The number of aromatic nitrogens is 8. The van der Waals surface area contributed by atoms with Crippen LogP contribution in [0.25, 0.3) is 33.9 Å². The van der Waals surface area contributed by atoms with Crippen molar-refractivity contribution in [2.45, 2.75) is 0 Å². The van der Waals surface area contributed by atoms with Crippen LogP contribution >= 0.6 is 0 Å². The van der Waals surface area contributed by atoms with Gasteiger partial charge in [-0.3, -0.25) is 0 Å². The zero-order chi connectivity index (χ0) is 11.9. The Bertz CT molecular complexity index is 746. The first-order chi connectivity index (χ1) is 8.90. The van der Waals surface area contributed by atoms with Crippen LogP contribution in [0.4, 0.5) is 0 Å². The third kappa shape index (κ3) is 1.25. The smallest absolute Gasteiger partial charge is 0.202 e. The largest absolute Gasteiger partial charge is 0.232 e. The molecule has 0 amide bonds. The number of rotatable bonds is 0. The van der Waals surface area contributed by atoms with E-state index in [1.54, 1.807) is 24.8 Å². The van der Waals surface area contributed by atoms with E-state index >= 15 is 0 Å². The highest BCUT2D eigenvalue weighted by atomic mass is 15.1. The van der Waals surface area contributed by atoms with E-state index in [0.29, 0.717) is 33.9 Å². The molecule has 0 aliphatic heterocycles. The second-order valence-electron chi connectivity index (χ2n) is 3.50. The molecule has 4 rings (SSSR count). The van der Waals surface area contributed by atoms with Crippen LogP contribution in [-0.4, -0.2) is 39.9 Å². The fourth-order valence-corrected chi connectivity index (χ4v) is 1.61. The van der Waals surface area contributed by atoms with E-state index in [4.69, 9.17) is 0 Å². The lowest BCUT2D eigenvalue weighted by molar-refractivity contribution is 1.13. The van der Waals surface area contributed by atoms with Crippen LogP contribution < -0.4 is 0 Å². The maximum absolute atomic E-state index is 4.25. The Balaban J connectivity index is 2.20. The molecule has 0 unspecified atom stereocenters. The predicted molar refractivity (Wildman–Crippen MR) is 61.3 cm³/mol. The van der Waals surface area contributed by atoms with E-state index in [1.165, 1.54) is 0 Å². The molecule has 4 aromatic heterocycles. The fraction of sp³-hybridized carbons (Fsp3) is 0. The Morgan fingerprint density at radius 1 is 0.389 bits per heavy atom. The predicted octanol–water partition coefficient (Wildman–Crippen LogP) is 0.306. The summed E-state index contributed by atoms with van der Waals surface area (Å²) in [6.45, 7) is 0. The highest BCUT2D eigenvalue weighted by Gasteiger charge is 2.08. The summed E-state index contributed by atoms with van der Waals surface area (Å²) < 4.78 is 0. The zero-order valence-corrected chi connectivity index (χ0v) is 8.89. The molecule has 0 aromatic carbocycles. The average molecular weight is 236 g/mol. The van der Waals surface area contributed by atoms with Crippen molar-refractivity contribution in [2.75, 3.05) is 0 Å². The molecule has 4 aromatic rings. The quantitative estimate of drug-likeness (QED) is 0.402. The normalized spacial score (nSPS) is 11.3. The minimum absolute atomic E-state index is 0.385. The van der Waals surface area contributed by atoms with Gasteiger partial charge in [0.25, 0.3) is 0 Å². The molecule has 0 saturated heterocycles. The molecule has 0 radical (unpaired) electrons. The summed E-state index contributed by atoms with van der Waals surface area (Å²) in [7, 11) is 0. The molecule has 84 valence electrons. The van der Waals surface area contributed by atoms with Crippen molar-refractivity contribution < 1.29 is 0 Å². The number of hydrogen-bond acceptors (Lipinski definition) is 8. The molecular formula is C10H4N8. The Hall–Kier alpha value is -2.90. The van der Waals surface area contributed by atoms with Crippen molar-refractivity contribution >= 4 is 33.9 Å². The highest BCUT2D eigenvalue weighted by molar-refractivity contribution is 5.81. The molecule has 0 spiro atoms. The summed E-state index contributed by atoms with van der Waals surface area (Å²) in [5.41, 5.74) is 2.50. The van der Waals surface area contributed by atoms with E-state index in [2.05, 4.69) is 39.9 Å². The summed E-state index contributed by atoms with van der Waals surface area (Å²) >= 11 is 0. The first-order valence-corrected chi connectivity index (χ1v) is 5.13. The van der Waals surface area contributed by atoms with Gasteiger partial charge in [0.05, 0.1) is 0 Å². The van der Waals surface area contributed by atoms with Gasteiger partial charge in [-0.05, 0) is 0 Å². The van der Waals surface area contributed by atoms with Crippen molar-refractivity contribution in [2.24, 2.45) is 0 Å². The van der Waals surface area contributed by atoms with Crippen molar-refractivity contribution in [3.8, 4) is 0 Å². The van der Waals surface area contributed by atoms with Crippen molar-refractivity contribution in [3.63, 3.8) is 0 Å². The molecule has 0 aliphatic rings. The van der Waals surface area contributed by atoms with Gasteiger partial charge in [-0.2, -0.15) is 0 Å². The van der Waals surface area contributed by atoms with Crippen LogP contribution in [0.1, 0.15) is 0 Å². The third-order valence-electron chi connectivity index (χ3n) is 2.37. The van der Waals surface area contributed by atoms with Crippen LogP contribution in [0.3, 0.4) is 0 Å². The van der Waals surface area contributed by atoms with Crippen molar-refractivity contribution in [1.82, 2.24) is 39.9 Å². The molecular weight excluding hydrogens is 232 g/mol. The summed E-state index contributed by atoms with van der Waals surface area (Å²) in [6.07, 6.45) is 6.21. The van der Waals surface area contributed by atoms with E-state index in [-0.39, 0.29) is 0 Å². The van der Waals surface area contributed by atoms with Gasteiger partial charge in [-0.15, -0.1) is 0 Å². The molecule has 0 aliphatic carbocycles. The second-order valence-corrected chi connectivity index (χ2v) is 3.50. The molecule has 18 heavy (non-hydrogen) atoms. The molecule has 0 N–H and O–H groups in total. The topological polar surface area (TPSA) is 103 Å². The summed E-state index contributed by atoms with van der Waals surface area (Å²) in [6, 6.07) is 0. The monoisotopic (exact) mass is 236 g/mol. The van der Waals surface area contributed by atoms with Crippen LogP contribution in [0.5, 0.6) is 0 Å². The van der Waals surface area contributed by atoms with Gasteiger partial charge < -0.3 is 0 Å².